The molecule has 29 heavy (non-hydrogen) atoms. The van der Waals surface area contributed by atoms with Gasteiger partial charge in [0.25, 0.3) is 0 Å². The van der Waals surface area contributed by atoms with Gasteiger partial charge in [-0.3, -0.25) is 4.90 Å². The van der Waals surface area contributed by atoms with Crippen molar-refractivity contribution >= 4 is 11.8 Å². The summed E-state index contributed by atoms with van der Waals surface area (Å²) >= 11 is 0. The molecule has 3 rings (SSSR count). The quantitative estimate of drug-likeness (QED) is 0.780. The summed E-state index contributed by atoms with van der Waals surface area (Å²) in [6.07, 6.45) is -0.377. The normalized spacial score (nSPS) is 16.2. The number of anilines is 1. The van der Waals surface area contributed by atoms with Crippen molar-refractivity contribution < 1.29 is 9.53 Å². The highest BCUT2D eigenvalue weighted by Crippen LogP contribution is 2.24. The molecule has 1 aliphatic heterocycles. The van der Waals surface area contributed by atoms with Crippen LogP contribution in [0.3, 0.4) is 0 Å². The van der Waals surface area contributed by atoms with E-state index in [0.717, 1.165) is 31.7 Å². The molecular formula is C23H32N4O2. The average molecular weight is 397 g/mol. The molecule has 6 nitrogen and oxygen atoms in total. The van der Waals surface area contributed by atoms with Crippen LogP contribution in [0, 0.1) is 0 Å². The second-order valence-corrected chi connectivity index (χ2v) is 7.78. The highest BCUT2D eigenvalue weighted by Gasteiger charge is 2.24. The van der Waals surface area contributed by atoms with Crippen molar-refractivity contribution in [3.05, 3.63) is 65.7 Å². The highest BCUT2D eigenvalue weighted by atomic mass is 16.5. The highest BCUT2D eigenvalue weighted by molar-refractivity contribution is 5.67. The number of rotatable bonds is 7. The van der Waals surface area contributed by atoms with Crippen molar-refractivity contribution in [3.63, 3.8) is 0 Å². The third kappa shape index (κ3) is 6.21. The van der Waals surface area contributed by atoms with Crippen molar-refractivity contribution in [1.82, 2.24) is 15.1 Å². The Labute approximate surface area is 174 Å². The molecule has 156 valence electrons. The minimum atomic E-state index is -0.377. The fraction of sp³-hybridized carbons (Fsp3) is 0.435. The molecule has 2 aromatic rings. The van der Waals surface area contributed by atoms with E-state index in [4.69, 9.17) is 4.74 Å². The minimum absolute atomic E-state index is 0.129. The first kappa shape index (κ1) is 21.1. The maximum atomic E-state index is 12.3. The van der Waals surface area contributed by atoms with Crippen LogP contribution in [0.15, 0.2) is 54.6 Å². The number of benzene rings is 2. The number of likely N-dealkylation sites (N-methyl/N-ethyl adjacent to an activating group) is 1. The number of carbonyl (C=O) groups excluding carboxylic acids is 1. The summed E-state index contributed by atoms with van der Waals surface area (Å²) in [6.45, 7) is 4.84. The Morgan fingerprint density at radius 2 is 1.69 bits per heavy atom. The number of piperazine rings is 1. The van der Waals surface area contributed by atoms with Gasteiger partial charge in [0.15, 0.2) is 0 Å². The van der Waals surface area contributed by atoms with E-state index in [0.29, 0.717) is 6.54 Å². The maximum Gasteiger partial charge on any atom is 0.407 e. The van der Waals surface area contributed by atoms with Gasteiger partial charge in [0.1, 0.15) is 6.61 Å². The van der Waals surface area contributed by atoms with Gasteiger partial charge < -0.3 is 19.9 Å². The molecule has 1 aliphatic rings. The molecule has 0 saturated carbocycles. The zero-order valence-corrected chi connectivity index (χ0v) is 17.7. The predicted octanol–water partition coefficient (Wildman–Crippen LogP) is 2.97. The van der Waals surface area contributed by atoms with Gasteiger partial charge in [-0.1, -0.05) is 42.5 Å². The Hall–Kier alpha value is -2.57. The van der Waals surface area contributed by atoms with E-state index in [2.05, 4.69) is 51.3 Å². The summed E-state index contributed by atoms with van der Waals surface area (Å²) in [5, 5.41) is 2.97. The summed E-state index contributed by atoms with van der Waals surface area (Å²) in [6, 6.07) is 18.5. The maximum absolute atomic E-state index is 12.3. The second kappa shape index (κ2) is 10.3. The lowest BCUT2D eigenvalue weighted by Gasteiger charge is -2.38. The van der Waals surface area contributed by atoms with Crippen LogP contribution in [0.1, 0.15) is 17.2 Å². The molecule has 1 heterocycles. The molecule has 0 aromatic heterocycles. The molecule has 1 amide bonds. The molecule has 1 saturated heterocycles. The van der Waals surface area contributed by atoms with E-state index < -0.39 is 0 Å². The monoisotopic (exact) mass is 396 g/mol. The van der Waals surface area contributed by atoms with Crippen molar-refractivity contribution in [2.24, 2.45) is 0 Å². The Morgan fingerprint density at radius 3 is 2.31 bits per heavy atom. The van der Waals surface area contributed by atoms with Gasteiger partial charge in [0, 0.05) is 52.5 Å². The molecule has 1 atom stereocenters. The van der Waals surface area contributed by atoms with E-state index >= 15 is 0 Å². The largest absolute Gasteiger partial charge is 0.445 e. The molecule has 1 N–H and O–H groups in total. The van der Waals surface area contributed by atoms with Crippen LogP contribution in [0.25, 0.3) is 0 Å². The zero-order chi connectivity index (χ0) is 20.6. The summed E-state index contributed by atoms with van der Waals surface area (Å²) in [4.78, 5) is 19.1. The van der Waals surface area contributed by atoms with Gasteiger partial charge in [0.2, 0.25) is 0 Å². The average Bonchev–Trinajstić information content (AvgIpc) is 2.74. The Kier molecular flexibility index (Phi) is 7.49. The first-order valence-electron chi connectivity index (χ1n) is 10.2. The third-order valence-electron chi connectivity index (χ3n) is 5.43. The van der Waals surface area contributed by atoms with Gasteiger partial charge in [-0.25, -0.2) is 4.79 Å². The minimum Gasteiger partial charge on any atom is -0.445 e. The lowest BCUT2D eigenvalue weighted by molar-refractivity contribution is 0.103. The third-order valence-corrected chi connectivity index (χ3v) is 5.43. The molecule has 0 aliphatic carbocycles. The SMILES string of the molecule is CN1CCN([C@@H](CNC(=O)OCc2ccccc2)c2ccc(N(C)C)cc2)CC1. The van der Waals surface area contributed by atoms with Crippen LogP contribution < -0.4 is 10.2 Å². The topological polar surface area (TPSA) is 48.1 Å². The molecule has 0 radical (unpaired) electrons. The Morgan fingerprint density at radius 1 is 1.03 bits per heavy atom. The first-order chi connectivity index (χ1) is 14.0. The second-order valence-electron chi connectivity index (χ2n) is 7.78. The van der Waals surface area contributed by atoms with Crippen LogP contribution in [0.4, 0.5) is 10.5 Å². The number of nitrogens with one attached hydrogen (secondary N) is 1. The Balaban J connectivity index is 1.62. The smallest absolute Gasteiger partial charge is 0.407 e. The van der Waals surface area contributed by atoms with E-state index in [1.807, 2.05) is 44.4 Å². The molecule has 1 fully saturated rings. The van der Waals surface area contributed by atoms with Gasteiger partial charge in [-0.05, 0) is 30.3 Å². The van der Waals surface area contributed by atoms with E-state index in [-0.39, 0.29) is 18.7 Å². The number of alkyl carbamates (subject to hydrolysis) is 1. The molecular weight excluding hydrogens is 364 g/mol. The molecule has 2 aromatic carbocycles. The molecule has 6 heteroatoms. The Bertz CT molecular complexity index is 756. The van der Waals surface area contributed by atoms with E-state index in [1.54, 1.807) is 0 Å². The van der Waals surface area contributed by atoms with Gasteiger partial charge in [-0.2, -0.15) is 0 Å². The van der Waals surface area contributed by atoms with Crippen molar-refractivity contribution in [1.29, 1.82) is 0 Å². The summed E-state index contributed by atoms with van der Waals surface area (Å²) in [5.74, 6) is 0. The van der Waals surface area contributed by atoms with E-state index in [9.17, 15) is 4.79 Å². The number of carbonyl (C=O) groups is 1. The summed E-state index contributed by atoms with van der Waals surface area (Å²) in [5.41, 5.74) is 3.36. The van der Waals surface area contributed by atoms with Crippen molar-refractivity contribution in [2.75, 3.05) is 58.8 Å². The van der Waals surface area contributed by atoms with Crippen molar-refractivity contribution in [2.45, 2.75) is 12.6 Å². The van der Waals surface area contributed by atoms with E-state index in [1.165, 1.54) is 11.3 Å². The fourth-order valence-electron chi connectivity index (χ4n) is 3.54. The molecule has 0 unspecified atom stereocenters. The summed E-state index contributed by atoms with van der Waals surface area (Å²) < 4.78 is 5.39. The summed E-state index contributed by atoms with van der Waals surface area (Å²) in [7, 11) is 6.23. The predicted molar refractivity (Wildman–Crippen MR) is 117 cm³/mol. The van der Waals surface area contributed by atoms with Crippen LogP contribution in [0.2, 0.25) is 0 Å². The lowest BCUT2D eigenvalue weighted by Crippen LogP contribution is -2.48. The van der Waals surface area contributed by atoms with Crippen LogP contribution in [0.5, 0.6) is 0 Å². The fourth-order valence-corrected chi connectivity index (χ4v) is 3.54. The number of hydrogen-bond acceptors (Lipinski definition) is 5. The standard InChI is InChI=1S/C23H32N4O2/c1-25(2)21-11-9-20(10-12-21)22(27-15-13-26(3)14-16-27)17-24-23(28)29-18-19-7-5-4-6-8-19/h4-12,22H,13-18H2,1-3H3,(H,24,28)/t22-/m0/s1. The lowest BCUT2D eigenvalue weighted by atomic mass is 10.0. The van der Waals surface area contributed by atoms with Crippen LogP contribution in [-0.4, -0.2) is 69.8 Å². The number of nitrogens with zero attached hydrogens (tertiary/aromatic N) is 3. The number of hydrogen-bond donors (Lipinski definition) is 1. The molecule has 0 bridgehead atoms. The number of amides is 1. The van der Waals surface area contributed by atoms with Gasteiger partial charge >= 0.3 is 6.09 Å². The molecule has 0 spiro atoms. The van der Waals surface area contributed by atoms with Gasteiger partial charge in [0.05, 0.1) is 6.04 Å². The van der Waals surface area contributed by atoms with Crippen molar-refractivity contribution in [3.8, 4) is 0 Å². The van der Waals surface area contributed by atoms with Crippen LogP contribution in [-0.2, 0) is 11.3 Å². The number of ether oxygens (including phenoxy) is 1. The first-order valence-corrected chi connectivity index (χ1v) is 10.2. The van der Waals surface area contributed by atoms with Gasteiger partial charge in [-0.15, -0.1) is 0 Å². The zero-order valence-electron chi connectivity index (χ0n) is 17.7. The van der Waals surface area contributed by atoms with Crippen LogP contribution >= 0.6 is 0 Å².